The molecule has 4 fully saturated rings. The van der Waals surface area contributed by atoms with Crippen molar-refractivity contribution in [1.82, 2.24) is 4.90 Å². The standard InChI is InChI=1S/C31H47N3O2.ClH/c1-2-10-31(11-3-1)12-6-27(7-13-31)29-24-28(33-18-22-36-23-19-33)4-5-30(29)34-16-14-32(15-17-34)25-26-8-20-35-21-9-26;/h4-6,24,26H,1-3,7-23,25H2;1H. The Hall–Kier alpha value is -1.27. The minimum Gasteiger partial charge on any atom is -0.381 e. The van der Waals surface area contributed by atoms with Gasteiger partial charge in [0, 0.05) is 76.0 Å². The molecule has 0 unspecified atom stereocenters. The Balaban J connectivity index is 0.00000280. The van der Waals surface area contributed by atoms with Gasteiger partial charge in [-0.2, -0.15) is 0 Å². The van der Waals surface area contributed by atoms with Crippen LogP contribution < -0.4 is 9.80 Å². The molecule has 0 bridgehead atoms. The fraction of sp³-hybridized carbons (Fsp3) is 0.742. The summed E-state index contributed by atoms with van der Waals surface area (Å²) < 4.78 is 11.2. The van der Waals surface area contributed by atoms with E-state index < -0.39 is 0 Å². The lowest BCUT2D eigenvalue weighted by Crippen LogP contribution is -2.48. The maximum atomic E-state index is 5.64. The molecule has 0 aromatic heterocycles. The molecule has 5 nitrogen and oxygen atoms in total. The van der Waals surface area contributed by atoms with Crippen molar-refractivity contribution in [3.63, 3.8) is 0 Å². The van der Waals surface area contributed by atoms with E-state index in [0.29, 0.717) is 5.41 Å². The second-order valence-corrected chi connectivity index (χ2v) is 12.1. The third-order valence-electron chi connectivity index (χ3n) is 9.89. The zero-order valence-electron chi connectivity index (χ0n) is 22.8. The molecule has 3 heterocycles. The van der Waals surface area contributed by atoms with E-state index in [1.165, 1.54) is 101 Å². The van der Waals surface area contributed by atoms with Gasteiger partial charge in [0.05, 0.1) is 13.2 Å². The van der Waals surface area contributed by atoms with E-state index in [9.17, 15) is 0 Å². The van der Waals surface area contributed by atoms with Crippen molar-refractivity contribution < 1.29 is 9.47 Å². The average molecular weight is 530 g/mol. The Labute approximate surface area is 230 Å². The third-order valence-corrected chi connectivity index (χ3v) is 9.89. The second kappa shape index (κ2) is 12.7. The van der Waals surface area contributed by atoms with Crippen LogP contribution in [0.1, 0.15) is 69.8 Å². The lowest BCUT2D eigenvalue weighted by Gasteiger charge is -2.41. The van der Waals surface area contributed by atoms with Gasteiger partial charge in [-0.15, -0.1) is 12.4 Å². The first kappa shape index (κ1) is 27.3. The summed E-state index contributed by atoms with van der Waals surface area (Å²) in [7, 11) is 0. The molecule has 206 valence electrons. The molecule has 0 N–H and O–H groups in total. The van der Waals surface area contributed by atoms with Gasteiger partial charge in [0.15, 0.2) is 0 Å². The van der Waals surface area contributed by atoms with Crippen molar-refractivity contribution in [2.24, 2.45) is 11.3 Å². The summed E-state index contributed by atoms with van der Waals surface area (Å²) in [6.07, 6.45) is 16.3. The number of nitrogens with zero attached hydrogens (tertiary/aromatic N) is 3. The Morgan fingerprint density at radius 2 is 1.51 bits per heavy atom. The Morgan fingerprint density at radius 3 is 2.22 bits per heavy atom. The van der Waals surface area contributed by atoms with Crippen LogP contribution in [0.5, 0.6) is 0 Å². The highest BCUT2D eigenvalue weighted by Gasteiger charge is 2.34. The smallest absolute Gasteiger partial charge is 0.0642 e. The number of piperazine rings is 1. The molecule has 1 spiro atoms. The van der Waals surface area contributed by atoms with E-state index in [1.807, 2.05) is 0 Å². The van der Waals surface area contributed by atoms with Crippen molar-refractivity contribution in [1.29, 1.82) is 0 Å². The van der Waals surface area contributed by atoms with Gasteiger partial charge in [-0.3, -0.25) is 4.90 Å². The maximum Gasteiger partial charge on any atom is 0.0642 e. The zero-order chi connectivity index (χ0) is 24.2. The Morgan fingerprint density at radius 1 is 0.784 bits per heavy atom. The van der Waals surface area contributed by atoms with Gasteiger partial charge >= 0.3 is 0 Å². The largest absolute Gasteiger partial charge is 0.381 e. The molecule has 1 saturated carbocycles. The third kappa shape index (κ3) is 6.49. The van der Waals surface area contributed by atoms with Crippen LogP contribution >= 0.6 is 12.4 Å². The van der Waals surface area contributed by atoms with Gasteiger partial charge in [0.1, 0.15) is 0 Å². The van der Waals surface area contributed by atoms with E-state index >= 15 is 0 Å². The van der Waals surface area contributed by atoms with Crippen molar-refractivity contribution >= 4 is 29.4 Å². The molecule has 3 aliphatic heterocycles. The molecular weight excluding hydrogens is 482 g/mol. The van der Waals surface area contributed by atoms with Gasteiger partial charge in [-0.1, -0.05) is 25.3 Å². The molecule has 6 rings (SSSR count). The molecular formula is C31H48ClN3O2. The van der Waals surface area contributed by atoms with Crippen LogP contribution in [0, 0.1) is 11.3 Å². The van der Waals surface area contributed by atoms with Crippen LogP contribution in [0.25, 0.3) is 5.57 Å². The van der Waals surface area contributed by atoms with Crippen LogP contribution in [0.2, 0.25) is 0 Å². The summed E-state index contributed by atoms with van der Waals surface area (Å²) >= 11 is 0. The highest BCUT2D eigenvalue weighted by Crippen LogP contribution is 2.49. The number of morpholine rings is 1. The molecule has 37 heavy (non-hydrogen) atoms. The zero-order valence-corrected chi connectivity index (χ0v) is 23.6. The fourth-order valence-electron chi connectivity index (χ4n) is 7.48. The predicted octanol–water partition coefficient (Wildman–Crippen LogP) is 6.01. The van der Waals surface area contributed by atoms with Crippen LogP contribution in [0.15, 0.2) is 24.3 Å². The molecule has 3 saturated heterocycles. The molecule has 0 radical (unpaired) electrons. The monoisotopic (exact) mass is 529 g/mol. The summed E-state index contributed by atoms with van der Waals surface area (Å²) in [5, 5.41) is 0. The van der Waals surface area contributed by atoms with Crippen LogP contribution in [-0.2, 0) is 9.47 Å². The van der Waals surface area contributed by atoms with E-state index in [2.05, 4.69) is 39.0 Å². The number of benzene rings is 1. The number of halogens is 1. The molecule has 1 aromatic carbocycles. The number of allylic oxidation sites excluding steroid dienone is 2. The maximum absolute atomic E-state index is 5.64. The highest BCUT2D eigenvalue weighted by molar-refractivity contribution is 5.85. The first-order valence-electron chi connectivity index (χ1n) is 15.0. The van der Waals surface area contributed by atoms with Gasteiger partial charge < -0.3 is 19.3 Å². The number of ether oxygens (including phenoxy) is 2. The van der Waals surface area contributed by atoms with Crippen LogP contribution in [0.4, 0.5) is 11.4 Å². The topological polar surface area (TPSA) is 28.2 Å². The summed E-state index contributed by atoms with van der Waals surface area (Å²) in [6, 6.07) is 7.35. The molecule has 0 atom stereocenters. The van der Waals surface area contributed by atoms with E-state index in [-0.39, 0.29) is 12.4 Å². The van der Waals surface area contributed by atoms with Gasteiger partial charge in [0.2, 0.25) is 0 Å². The predicted molar refractivity (Wildman–Crippen MR) is 156 cm³/mol. The summed E-state index contributed by atoms with van der Waals surface area (Å²) in [4.78, 5) is 7.92. The second-order valence-electron chi connectivity index (χ2n) is 12.1. The quantitative estimate of drug-likeness (QED) is 0.465. The molecule has 0 amide bonds. The molecule has 5 aliphatic rings. The van der Waals surface area contributed by atoms with Crippen molar-refractivity contribution in [3.05, 3.63) is 29.8 Å². The first-order chi connectivity index (χ1) is 17.8. The molecule has 1 aromatic rings. The van der Waals surface area contributed by atoms with E-state index in [4.69, 9.17) is 9.47 Å². The van der Waals surface area contributed by atoms with Crippen molar-refractivity contribution in [2.75, 3.05) is 82.0 Å². The highest BCUT2D eigenvalue weighted by atomic mass is 35.5. The molecule has 2 aliphatic carbocycles. The SMILES string of the molecule is C1=C(c2cc(N3CCOCC3)ccc2N2CCN(CC3CCOCC3)CC2)CCC2(C1)CCCCC2.Cl. The number of rotatable bonds is 5. The minimum atomic E-state index is 0. The Bertz CT molecular complexity index is 896. The lowest BCUT2D eigenvalue weighted by atomic mass is 9.65. The van der Waals surface area contributed by atoms with E-state index in [0.717, 1.165) is 58.5 Å². The normalized spacial score (nSPS) is 25.6. The lowest BCUT2D eigenvalue weighted by molar-refractivity contribution is 0.0517. The average Bonchev–Trinajstić information content (AvgIpc) is 2.95. The van der Waals surface area contributed by atoms with Crippen LogP contribution in [-0.4, -0.2) is 77.1 Å². The fourth-order valence-corrected chi connectivity index (χ4v) is 7.48. The van der Waals surface area contributed by atoms with E-state index in [1.54, 1.807) is 5.57 Å². The Kier molecular flexibility index (Phi) is 9.39. The van der Waals surface area contributed by atoms with Gasteiger partial charge in [-0.25, -0.2) is 0 Å². The van der Waals surface area contributed by atoms with Crippen molar-refractivity contribution in [3.8, 4) is 0 Å². The number of hydrogen-bond donors (Lipinski definition) is 0. The number of anilines is 2. The summed E-state index contributed by atoms with van der Waals surface area (Å²) in [6.45, 7) is 11.5. The summed E-state index contributed by atoms with van der Waals surface area (Å²) in [5.41, 5.74) is 6.60. The van der Waals surface area contributed by atoms with Gasteiger partial charge in [-0.05, 0) is 80.1 Å². The minimum absolute atomic E-state index is 0. The summed E-state index contributed by atoms with van der Waals surface area (Å²) in [5.74, 6) is 0.827. The van der Waals surface area contributed by atoms with Gasteiger partial charge in [0.25, 0.3) is 0 Å². The first-order valence-corrected chi connectivity index (χ1v) is 15.0. The number of hydrogen-bond acceptors (Lipinski definition) is 5. The van der Waals surface area contributed by atoms with Crippen LogP contribution in [0.3, 0.4) is 0 Å². The van der Waals surface area contributed by atoms with Crippen molar-refractivity contribution in [2.45, 2.75) is 64.2 Å². The molecule has 6 heteroatoms.